The molecular weight excluding hydrogens is 712 g/mol. The van der Waals surface area contributed by atoms with Crippen LogP contribution in [0.2, 0.25) is 0 Å². The van der Waals surface area contributed by atoms with Crippen molar-refractivity contribution < 1.29 is 40.7 Å². The Morgan fingerprint density at radius 2 is 1.74 bits per heavy atom. The summed E-state index contributed by atoms with van der Waals surface area (Å²) in [5.74, 6) is -0.874. The first-order valence-corrected chi connectivity index (χ1v) is 19.4. The molecule has 2 aliphatic heterocycles. The Labute approximate surface area is 305 Å². The van der Waals surface area contributed by atoms with E-state index in [9.17, 15) is 31.2 Å². The molecule has 2 aromatic carbocycles. The number of sulfonamides is 1. The molecule has 0 atom stereocenters. The van der Waals surface area contributed by atoms with Crippen LogP contribution in [0.25, 0.3) is 33.8 Å². The highest BCUT2D eigenvalue weighted by molar-refractivity contribution is 7.90. The van der Waals surface area contributed by atoms with Gasteiger partial charge in [0, 0.05) is 42.2 Å². The first-order chi connectivity index (χ1) is 25.2. The Kier molecular flexibility index (Phi) is 9.68. The topological polar surface area (TPSA) is 125 Å². The number of allylic oxidation sites excluding steroid dienone is 1. The number of aryl methyl sites for hydroxylation is 1. The molecule has 1 N–H and O–H groups in total. The lowest BCUT2D eigenvalue weighted by molar-refractivity contribution is -0.141. The number of carbonyl (C=O) groups excluding carboxylic acids is 2. The van der Waals surface area contributed by atoms with Crippen molar-refractivity contribution in [2.75, 3.05) is 33.4 Å². The van der Waals surface area contributed by atoms with Gasteiger partial charge in [-0.2, -0.15) is 18.3 Å². The molecule has 53 heavy (non-hydrogen) atoms. The minimum absolute atomic E-state index is 0.0190. The van der Waals surface area contributed by atoms with Crippen LogP contribution in [0.5, 0.6) is 5.75 Å². The number of carbonyl (C=O) groups is 2. The minimum atomic E-state index is -4.92. The summed E-state index contributed by atoms with van der Waals surface area (Å²) in [6, 6.07) is 10.7. The van der Waals surface area contributed by atoms with Gasteiger partial charge < -0.3 is 18.9 Å². The zero-order valence-corrected chi connectivity index (χ0v) is 30.9. The summed E-state index contributed by atoms with van der Waals surface area (Å²) in [6.45, 7) is 3.65. The summed E-state index contributed by atoms with van der Waals surface area (Å²) in [5.41, 5.74) is 2.74. The molecule has 2 fully saturated rings. The van der Waals surface area contributed by atoms with E-state index in [1.54, 1.807) is 18.2 Å². The maximum Gasteiger partial charge on any atom is 0.435 e. The Balaban J connectivity index is 1.50. The molecular formula is C38H42F3N5O6S. The molecule has 0 unspecified atom stereocenters. The number of nitrogens with zero attached hydrogens (tertiary/aromatic N) is 4. The Morgan fingerprint density at radius 1 is 1.02 bits per heavy atom. The Hall–Kier alpha value is -4.63. The molecule has 2 aromatic heterocycles. The van der Waals surface area contributed by atoms with Gasteiger partial charge in [-0.25, -0.2) is 13.1 Å². The van der Waals surface area contributed by atoms with Crippen LogP contribution >= 0.6 is 0 Å². The van der Waals surface area contributed by atoms with Crippen molar-refractivity contribution in [3.63, 3.8) is 0 Å². The second kappa shape index (κ2) is 14.0. The maximum atomic E-state index is 14.7. The summed E-state index contributed by atoms with van der Waals surface area (Å²) in [6.07, 6.45) is 1.92. The van der Waals surface area contributed by atoms with Crippen LogP contribution in [-0.2, 0) is 34.5 Å². The summed E-state index contributed by atoms with van der Waals surface area (Å²) >= 11 is 0. The SMILES string of the molecule is COc1ccc2c(c1)C=C(c1c(C(=O)N3CCOCC3)c(C(F)(F)F)nn1C)Cn1c-2c(C2CCCCC2)c2ccc(C(=O)NS(=O)(=O)C(C)C)cc21. The fraction of sp³-hybridized carbons (Fsp3) is 0.447. The number of ether oxygens (including phenoxy) is 2. The predicted molar refractivity (Wildman–Crippen MR) is 194 cm³/mol. The smallest absolute Gasteiger partial charge is 0.435 e. The van der Waals surface area contributed by atoms with Crippen molar-refractivity contribution in [1.29, 1.82) is 0 Å². The number of amides is 2. The van der Waals surface area contributed by atoms with Crippen LogP contribution in [0.1, 0.15) is 95.1 Å². The second-order valence-corrected chi connectivity index (χ2v) is 16.4. The third kappa shape index (κ3) is 6.73. The fourth-order valence-corrected chi connectivity index (χ4v) is 8.46. The highest BCUT2D eigenvalue weighted by Crippen LogP contribution is 2.48. The number of hydrogen-bond acceptors (Lipinski definition) is 7. The van der Waals surface area contributed by atoms with E-state index in [4.69, 9.17) is 9.47 Å². The number of fused-ring (bicyclic) bond motifs is 5. The predicted octanol–water partition coefficient (Wildman–Crippen LogP) is 6.61. The van der Waals surface area contributed by atoms with Gasteiger partial charge in [0.05, 0.1) is 49.1 Å². The van der Waals surface area contributed by atoms with Gasteiger partial charge in [-0.1, -0.05) is 25.3 Å². The van der Waals surface area contributed by atoms with E-state index < -0.39 is 44.5 Å². The number of nitrogens with one attached hydrogen (secondary N) is 1. The second-order valence-electron chi connectivity index (χ2n) is 14.2. The van der Waals surface area contributed by atoms with Gasteiger partial charge in [-0.3, -0.25) is 14.3 Å². The van der Waals surface area contributed by atoms with Crippen LogP contribution in [0.4, 0.5) is 13.2 Å². The van der Waals surface area contributed by atoms with E-state index in [0.717, 1.165) is 59.0 Å². The third-order valence-corrected chi connectivity index (χ3v) is 12.3. The summed E-state index contributed by atoms with van der Waals surface area (Å²) in [7, 11) is -0.996. The molecule has 0 spiro atoms. The van der Waals surface area contributed by atoms with Crippen LogP contribution in [0, 0.1) is 0 Å². The van der Waals surface area contributed by atoms with Crippen molar-refractivity contribution in [2.24, 2.45) is 7.05 Å². The van der Waals surface area contributed by atoms with E-state index in [2.05, 4.69) is 9.82 Å². The first-order valence-electron chi connectivity index (χ1n) is 17.8. The zero-order chi connectivity index (χ0) is 37.8. The quantitative estimate of drug-likeness (QED) is 0.225. The van der Waals surface area contributed by atoms with Gasteiger partial charge in [-0.05, 0) is 85.7 Å². The fourth-order valence-electron chi connectivity index (χ4n) is 7.85. The van der Waals surface area contributed by atoms with E-state index in [0.29, 0.717) is 22.4 Å². The van der Waals surface area contributed by atoms with E-state index in [1.165, 1.54) is 32.9 Å². The first kappa shape index (κ1) is 36.7. The average Bonchev–Trinajstić information content (AvgIpc) is 3.60. The molecule has 15 heteroatoms. The van der Waals surface area contributed by atoms with Crippen molar-refractivity contribution in [3.8, 4) is 17.0 Å². The largest absolute Gasteiger partial charge is 0.497 e. The van der Waals surface area contributed by atoms with E-state index in [1.807, 2.05) is 28.8 Å². The number of hydrogen-bond donors (Lipinski definition) is 1. The lowest BCUT2D eigenvalue weighted by atomic mass is 9.81. The van der Waals surface area contributed by atoms with E-state index in [-0.39, 0.29) is 50.0 Å². The van der Waals surface area contributed by atoms with Crippen molar-refractivity contribution >= 4 is 44.4 Å². The summed E-state index contributed by atoms with van der Waals surface area (Å²) in [5, 5.41) is 3.93. The molecule has 282 valence electrons. The molecule has 4 aromatic rings. The number of alkyl halides is 3. The van der Waals surface area contributed by atoms with Gasteiger partial charge >= 0.3 is 6.18 Å². The van der Waals surface area contributed by atoms with Crippen molar-refractivity contribution in [2.45, 2.75) is 69.8 Å². The number of rotatable bonds is 7. The highest BCUT2D eigenvalue weighted by Gasteiger charge is 2.43. The molecule has 1 saturated heterocycles. The van der Waals surface area contributed by atoms with Crippen LogP contribution in [0.3, 0.4) is 0 Å². The summed E-state index contributed by atoms with van der Waals surface area (Å²) in [4.78, 5) is 28.9. The molecule has 3 aliphatic rings. The molecule has 11 nitrogen and oxygen atoms in total. The number of morpholine rings is 1. The molecule has 1 saturated carbocycles. The molecule has 7 rings (SSSR count). The number of halogens is 3. The van der Waals surface area contributed by atoms with E-state index >= 15 is 0 Å². The Bertz CT molecular complexity index is 2240. The minimum Gasteiger partial charge on any atom is -0.497 e. The van der Waals surface area contributed by atoms with Gasteiger partial charge in [0.25, 0.3) is 11.8 Å². The molecule has 0 bridgehead atoms. The molecule has 1 aliphatic carbocycles. The molecule has 2 amide bonds. The molecule has 0 radical (unpaired) electrons. The van der Waals surface area contributed by atoms with Crippen molar-refractivity contribution in [3.05, 3.63) is 70.0 Å². The van der Waals surface area contributed by atoms with Crippen molar-refractivity contribution in [1.82, 2.24) is 24.0 Å². The lowest BCUT2D eigenvalue weighted by Gasteiger charge is -2.27. The average molecular weight is 754 g/mol. The highest BCUT2D eigenvalue weighted by atomic mass is 32.2. The summed E-state index contributed by atoms with van der Waals surface area (Å²) < 4.78 is 85.7. The number of benzene rings is 2. The van der Waals surface area contributed by atoms with Gasteiger partial charge in [0.15, 0.2) is 5.69 Å². The Morgan fingerprint density at radius 3 is 2.40 bits per heavy atom. The third-order valence-electron chi connectivity index (χ3n) is 10.5. The monoisotopic (exact) mass is 753 g/mol. The zero-order valence-electron chi connectivity index (χ0n) is 30.0. The van der Waals surface area contributed by atoms with Crippen LogP contribution in [-0.4, -0.2) is 78.1 Å². The van der Waals surface area contributed by atoms with Gasteiger partial charge in [-0.15, -0.1) is 0 Å². The van der Waals surface area contributed by atoms with Crippen LogP contribution in [0.15, 0.2) is 36.4 Å². The van der Waals surface area contributed by atoms with Crippen LogP contribution < -0.4 is 9.46 Å². The number of aromatic nitrogens is 3. The normalized spacial score (nSPS) is 17.0. The molecule has 4 heterocycles. The number of methoxy groups -OCH3 is 1. The van der Waals surface area contributed by atoms with Gasteiger partial charge in [0.2, 0.25) is 10.0 Å². The lowest BCUT2D eigenvalue weighted by Crippen LogP contribution is -2.41. The maximum absolute atomic E-state index is 14.7. The van der Waals surface area contributed by atoms with Gasteiger partial charge in [0.1, 0.15) is 5.75 Å². The standard InChI is InChI=1S/C38H42F3N5O6S/c1-22(2)53(49,50)43-36(47)24-10-12-29-30(20-24)46-21-26(33-32(35(38(39,40)41)42-44(33)3)37(48)45-14-16-52-17-15-45)18-25-19-27(51-4)11-13-28(25)34(46)31(29)23-8-6-5-7-9-23/h10-13,18-20,22-23H,5-9,14-17,21H2,1-4H3,(H,43,47).